The van der Waals surface area contributed by atoms with Gasteiger partial charge in [0.2, 0.25) is 0 Å². The SMILES string of the molecule is CCCC1=C(C(=O)OCC)[C@@H](c2ccccc2OC)n2c(s/c(=C\c3cc(Cl)ccc3OCc3ccccc3Cl)c2=O)=N1. The third-order valence-electron chi connectivity index (χ3n) is 6.93. The number of hydrogen-bond acceptors (Lipinski definition) is 7. The summed E-state index contributed by atoms with van der Waals surface area (Å²) in [7, 11) is 1.56. The lowest BCUT2D eigenvalue weighted by Crippen LogP contribution is -2.40. The minimum Gasteiger partial charge on any atom is -0.496 e. The zero-order chi connectivity index (χ0) is 30.5. The number of halogens is 2. The normalized spacial score (nSPS) is 14.7. The van der Waals surface area contributed by atoms with Gasteiger partial charge < -0.3 is 14.2 Å². The molecule has 1 aliphatic heterocycles. The van der Waals surface area contributed by atoms with Crippen molar-refractivity contribution in [1.29, 1.82) is 0 Å². The number of esters is 1. The van der Waals surface area contributed by atoms with Crippen molar-refractivity contribution in [3.8, 4) is 11.5 Å². The van der Waals surface area contributed by atoms with E-state index in [1.54, 1.807) is 48.9 Å². The second-order valence-corrected chi connectivity index (χ2v) is 11.6. The van der Waals surface area contributed by atoms with Crippen molar-refractivity contribution in [2.24, 2.45) is 4.99 Å². The van der Waals surface area contributed by atoms with Gasteiger partial charge in [0.15, 0.2) is 4.80 Å². The smallest absolute Gasteiger partial charge is 0.338 e. The van der Waals surface area contributed by atoms with Gasteiger partial charge in [0.05, 0.1) is 29.5 Å². The molecule has 0 saturated heterocycles. The first-order valence-corrected chi connectivity index (χ1v) is 15.4. The highest BCUT2D eigenvalue weighted by atomic mass is 35.5. The third kappa shape index (κ3) is 6.42. The van der Waals surface area contributed by atoms with Crippen LogP contribution in [0.5, 0.6) is 11.5 Å². The van der Waals surface area contributed by atoms with Crippen LogP contribution in [0.1, 0.15) is 49.4 Å². The molecular weight excluding hydrogens is 607 g/mol. The van der Waals surface area contributed by atoms with Crippen molar-refractivity contribution in [3.05, 3.63) is 124 Å². The van der Waals surface area contributed by atoms with Crippen molar-refractivity contribution in [2.75, 3.05) is 13.7 Å². The number of para-hydroxylation sites is 1. The summed E-state index contributed by atoms with van der Waals surface area (Å²) >= 11 is 13.9. The molecule has 3 aromatic carbocycles. The van der Waals surface area contributed by atoms with Gasteiger partial charge in [-0.05, 0) is 49.8 Å². The Morgan fingerprint density at radius 3 is 2.56 bits per heavy atom. The number of nitrogens with zero attached hydrogens (tertiary/aromatic N) is 2. The van der Waals surface area contributed by atoms with Crippen LogP contribution in [0.25, 0.3) is 6.08 Å². The fourth-order valence-electron chi connectivity index (χ4n) is 4.98. The van der Waals surface area contributed by atoms with Crippen LogP contribution >= 0.6 is 34.5 Å². The Hall–Kier alpha value is -3.85. The highest BCUT2D eigenvalue weighted by molar-refractivity contribution is 7.07. The number of ether oxygens (including phenoxy) is 3. The molecule has 2 heterocycles. The topological polar surface area (TPSA) is 79.1 Å². The Labute approximate surface area is 263 Å². The molecule has 222 valence electrons. The standard InChI is InChI=1S/C33H30Cl2N2O5S/c1-4-10-25-29(32(39)41-5-2)30(23-12-7-9-14-27(23)40-3)37-31(38)28(43-33(37)36-25)18-21-17-22(34)15-16-26(21)42-19-20-11-6-8-13-24(20)35/h6-9,11-18,30H,4-5,10,19H2,1-3H3/b28-18-/t30-/m1/s1. The van der Waals surface area contributed by atoms with Crippen LogP contribution in [0.2, 0.25) is 10.0 Å². The lowest BCUT2D eigenvalue weighted by molar-refractivity contribution is -0.139. The molecule has 0 unspecified atom stereocenters. The number of thiazole rings is 1. The van der Waals surface area contributed by atoms with Crippen molar-refractivity contribution < 1.29 is 19.0 Å². The van der Waals surface area contributed by atoms with Gasteiger partial charge in [-0.1, -0.05) is 84.3 Å². The fraction of sp³-hybridized carbons (Fsp3) is 0.242. The van der Waals surface area contributed by atoms with E-state index >= 15 is 0 Å². The second kappa shape index (κ2) is 13.6. The molecule has 1 atom stereocenters. The maximum Gasteiger partial charge on any atom is 0.338 e. The number of fused-ring (bicyclic) bond motifs is 1. The predicted octanol–water partition coefficient (Wildman–Crippen LogP) is 6.47. The molecule has 0 bridgehead atoms. The van der Waals surface area contributed by atoms with E-state index in [1.165, 1.54) is 11.3 Å². The van der Waals surface area contributed by atoms with E-state index in [9.17, 15) is 9.59 Å². The van der Waals surface area contributed by atoms with Gasteiger partial charge in [0.25, 0.3) is 5.56 Å². The Morgan fingerprint density at radius 2 is 1.81 bits per heavy atom. The summed E-state index contributed by atoms with van der Waals surface area (Å²) in [5.41, 5.74) is 2.73. The summed E-state index contributed by atoms with van der Waals surface area (Å²) in [6.45, 7) is 4.20. The lowest BCUT2D eigenvalue weighted by Gasteiger charge is -2.26. The van der Waals surface area contributed by atoms with Crippen LogP contribution in [0.4, 0.5) is 0 Å². The maximum atomic E-state index is 14.2. The molecule has 4 aromatic rings. The Balaban J connectivity index is 1.68. The largest absolute Gasteiger partial charge is 0.496 e. The van der Waals surface area contributed by atoms with Crippen molar-refractivity contribution in [3.63, 3.8) is 0 Å². The Kier molecular flexibility index (Phi) is 9.70. The van der Waals surface area contributed by atoms with Crippen LogP contribution in [0.3, 0.4) is 0 Å². The monoisotopic (exact) mass is 636 g/mol. The molecule has 7 nitrogen and oxygen atoms in total. The quantitative estimate of drug-likeness (QED) is 0.186. The second-order valence-electron chi connectivity index (χ2n) is 9.72. The summed E-state index contributed by atoms with van der Waals surface area (Å²) in [6, 6.07) is 19.2. The molecule has 0 saturated carbocycles. The molecule has 0 radical (unpaired) electrons. The number of allylic oxidation sites excluding steroid dienone is 1. The average Bonchev–Trinajstić information content (AvgIpc) is 3.31. The average molecular weight is 638 g/mol. The van der Waals surface area contributed by atoms with E-state index < -0.39 is 12.0 Å². The summed E-state index contributed by atoms with van der Waals surface area (Å²) < 4.78 is 19.2. The van der Waals surface area contributed by atoms with Crippen LogP contribution in [-0.2, 0) is 16.1 Å². The summed E-state index contributed by atoms with van der Waals surface area (Å²) in [4.78, 5) is 32.9. The van der Waals surface area contributed by atoms with E-state index in [0.717, 1.165) is 12.0 Å². The number of methoxy groups -OCH3 is 1. The van der Waals surface area contributed by atoms with E-state index in [0.29, 0.717) is 59.7 Å². The van der Waals surface area contributed by atoms with Gasteiger partial charge in [0, 0.05) is 26.7 Å². The third-order valence-corrected chi connectivity index (χ3v) is 8.51. The first-order valence-electron chi connectivity index (χ1n) is 13.9. The maximum absolute atomic E-state index is 14.2. The predicted molar refractivity (Wildman–Crippen MR) is 170 cm³/mol. The van der Waals surface area contributed by atoms with Crippen molar-refractivity contribution in [2.45, 2.75) is 39.3 Å². The first-order chi connectivity index (χ1) is 20.9. The molecule has 10 heteroatoms. The summed E-state index contributed by atoms with van der Waals surface area (Å²) in [6.07, 6.45) is 3.04. The molecule has 5 rings (SSSR count). The van der Waals surface area contributed by atoms with Crippen LogP contribution in [-0.4, -0.2) is 24.3 Å². The molecule has 0 spiro atoms. The number of carbonyl (C=O) groups is 1. The molecule has 43 heavy (non-hydrogen) atoms. The van der Waals surface area contributed by atoms with Gasteiger partial charge in [-0.25, -0.2) is 9.79 Å². The molecule has 0 N–H and O–H groups in total. The number of carbonyl (C=O) groups excluding carboxylic acids is 1. The van der Waals surface area contributed by atoms with Crippen molar-refractivity contribution in [1.82, 2.24) is 4.57 Å². The molecule has 0 aliphatic carbocycles. The van der Waals surface area contributed by atoms with E-state index in [-0.39, 0.29) is 18.8 Å². The minimum absolute atomic E-state index is 0.191. The molecule has 1 aliphatic rings. The highest BCUT2D eigenvalue weighted by Gasteiger charge is 2.35. The zero-order valence-electron chi connectivity index (χ0n) is 23.9. The van der Waals surface area contributed by atoms with Gasteiger partial charge >= 0.3 is 5.97 Å². The molecular formula is C33H30Cl2N2O5S. The van der Waals surface area contributed by atoms with Crippen LogP contribution < -0.4 is 24.4 Å². The zero-order valence-corrected chi connectivity index (χ0v) is 26.3. The fourth-order valence-corrected chi connectivity index (χ4v) is 6.36. The molecule has 1 aromatic heterocycles. The van der Waals surface area contributed by atoms with Gasteiger partial charge in [-0.3, -0.25) is 9.36 Å². The van der Waals surface area contributed by atoms with E-state index in [4.69, 9.17) is 42.4 Å². The minimum atomic E-state index is -0.787. The van der Waals surface area contributed by atoms with Gasteiger partial charge in [-0.15, -0.1) is 0 Å². The molecule has 0 amide bonds. The number of hydrogen-bond donors (Lipinski definition) is 0. The lowest BCUT2D eigenvalue weighted by atomic mass is 9.93. The first kappa shape index (κ1) is 30.6. The number of rotatable bonds is 10. The number of benzene rings is 3. The van der Waals surface area contributed by atoms with E-state index in [1.807, 2.05) is 49.4 Å². The van der Waals surface area contributed by atoms with Crippen molar-refractivity contribution >= 4 is 46.6 Å². The summed E-state index contributed by atoms with van der Waals surface area (Å²) in [5.74, 6) is 0.576. The van der Waals surface area contributed by atoms with Crippen LogP contribution in [0, 0.1) is 0 Å². The van der Waals surface area contributed by atoms with Gasteiger partial charge in [0.1, 0.15) is 24.1 Å². The van der Waals surface area contributed by atoms with Crippen LogP contribution in [0.15, 0.2) is 87.8 Å². The van der Waals surface area contributed by atoms with E-state index in [2.05, 4.69) is 0 Å². The Morgan fingerprint density at radius 1 is 1.05 bits per heavy atom. The Bertz CT molecular complexity index is 1880. The summed E-state index contributed by atoms with van der Waals surface area (Å²) in [5, 5.41) is 1.09. The molecule has 0 fully saturated rings. The van der Waals surface area contributed by atoms with Gasteiger partial charge in [-0.2, -0.15) is 0 Å². The number of aromatic nitrogens is 1. The highest BCUT2D eigenvalue weighted by Crippen LogP contribution is 2.37.